The van der Waals surface area contributed by atoms with Gasteiger partial charge < -0.3 is 4.90 Å². The molecule has 340 valence electrons. The molecule has 1 nitrogen and oxygen atoms in total. The van der Waals surface area contributed by atoms with E-state index in [1.54, 1.807) is 0 Å². The molecule has 0 aliphatic heterocycles. The van der Waals surface area contributed by atoms with Crippen LogP contribution < -0.4 is 4.90 Å². The molecule has 1 heterocycles. The monoisotopic (exact) mass is 911 g/mol. The predicted octanol–water partition coefficient (Wildman–Crippen LogP) is 19.1. The van der Waals surface area contributed by atoms with Gasteiger partial charge in [0.25, 0.3) is 0 Å². The van der Waals surface area contributed by atoms with Crippen LogP contribution in [0.1, 0.15) is 77.8 Å². The summed E-state index contributed by atoms with van der Waals surface area (Å²) < 4.78 is 2.60. The largest absolute Gasteiger partial charge is 0.310 e. The second-order valence-electron chi connectivity index (χ2n) is 17.0. The smallest absolute Gasteiger partial charge is 0.0738 e. The van der Waals surface area contributed by atoms with Gasteiger partial charge in [-0.1, -0.05) is 226 Å². The normalized spacial score (nSPS) is 13.5. The standard InChI is InChI=1S/C49H33NS.2C7H8.2C2H6/c1-4-35-37-27-25-31(2)29-43(37)49(48(35)36-18-9-8-15-32(36)3)41-21-12-10-20-39(41)47-42(49)22-14-23-44(47)50(33-16-6-5-7-17-33)34-26-28-46-40(30-34)38-19-11-13-24-45(38)51-46;2*1-7-5-3-2-4-6-7;2*1-2/h1,5-30H,2-3H3;2*2-6H,1H3;2*1-2H3. The molecule has 1 atom stereocenters. The number of allylic oxidation sites excluding steroid dienone is 2. The lowest BCUT2D eigenvalue weighted by molar-refractivity contribution is 0.839. The third-order valence-electron chi connectivity index (χ3n) is 12.8. The number of hydrogen-bond acceptors (Lipinski definition) is 2. The highest BCUT2D eigenvalue weighted by Crippen LogP contribution is 2.66. The van der Waals surface area contributed by atoms with E-state index in [9.17, 15) is 0 Å². The number of hydrogen-bond donors (Lipinski definition) is 0. The van der Waals surface area contributed by atoms with Crippen LogP contribution in [0, 0.1) is 40.0 Å². The molecule has 2 aliphatic rings. The first-order valence-corrected chi connectivity index (χ1v) is 25.1. The van der Waals surface area contributed by atoms with Crippen molar-refractivity contribution in [1.82, 2.24) is 0 Å². The molecule has 1 unspecified atom stereocenters. The second-order valence-corrected chi connectivity index (χ2v) is 18.1. The summed E-state index contributed by atoms with van der Waals surface area (Å²) >= 11 is 1.85. The van der Waals surface area contributed by atoms with Crippen molar-refractivity contribution in [3.8, 4) is 23.5 Å². The Kier molecular flexibility index (Phi) is 14.9. The second kappa shape index (κ2) is 21.5. The molecule has 1 spiro atoms. The van der Waals surface area contributed by atoms with Gasteiger partial charge in [-0.05, 0) is 115 Å². The zero-order chi connectivity index (χ0) is 48.5. The van der Waals surface area contributed by atoms with Gasteiger partial charge in [-0.15, -0.1) is 17.8 Å². The number of benzene rings is 9. The summed E-state index contributed by atoms with van der Waals surface area (Å²) in [6, 6.07) is 78.4. The van der Waals surface area contributed by atoms with Gasteiger partial charge in [0.05, 0.1) is 11.1 Å². The Morgan fingerprint density at radius 3 is 1.62 bits per heavy atom. The Morgan fingerprint density at radius 1 is 0.420 bits per heavy atom. The summed E-state index contributed by atoms with van der Waals surface area (Å²) in [6.45, 7) is 16.6. The molecule has 0 fully saturated rings. The van der Waals surface area contributed by atoms with Crippen molar-refractivity contribution in [3.05, 3.63) is 268 Å². The highest BCUT2D eigenvalue weighted by Gasteiger charge is 2.54. The van der Waals surface area contributed by atoms with Crippen molar-refractivity contribution >= 4 is 59.7 Å². The van der Waals surface area contributed by atoms with Crippen molar-refractivity contribution in [1.29, 1.82) is 0 Å². The Balaban J connectivity index is 0.000000303. The van der Waals surface area contributed by atoms with E-state index < -0.39 is 5.41 Å². The lowest BCUT2D eigenvalue weighted by Crippen LogP contribution is -2.27. The number of aryl methyl sites for hydroxylation is 4. The summed E-state index contributed by atoms with van der Waals surface area (Å²) in [7, 11) is 0. The van der Waals surface area contributed by atoms with E-state index in [-0.39, 0.29) is 0 Å². The Hall–Kier alpha value is -7.70. The van der Waals surface area contributed by atoms with Crippen LogP contribution in [0.5, 0.6) is 0 Å². The minimum absolute atomic E-state index is 0.590. The SMILES string of the molecule is C#CC1=C(c2ccccc2C)C2(c3cc(C)ccc31)c1ccccc1-c1c(N(c3ccccc3)c3ccc4sc5ccccc5c4c3)cccc12.CC.CC.Cc1ccccc1.Cc1ccccc1. The molecule has 0 amide bonds. The number of rotatable bonds is 4. The van der Waals surface area contributed by atoms with Gasteiger partial charge in [0.15, 0.2) is 0 Å². The number of terminal acetylenes is 1. The topological polar surface area (TPSA) is 3.24 Å². The van der Waals surface area contributed by atoms with E-state index in [0.29, 0.717) is 0 Å². The van der Waals surface area contributed by atoms with Crippen LogP contribution in [0.25, 0.3) is 42.4 Å². The fourth-order valence-electron chi connectivity index (χ4n) is 9.96. The van der Waals surface area contributed by atoms with Gasteiger partial charge in [0.1, 0.15) is 0 Å². The molecule has 1 aromatic heterocycles. The highest BCUT2D eigenvalue weighted by atomic mass is 32.1. The fourth-order valence-corrected chi connectivity index (χ4v) is 11.1. The van der Waals surface area contributed by atoms with Crippen molar-refractivity contribution in [2.24, 2.45) is 0 Å². The van der Waals surface area contributed by atoms with Crippen LogP contribution in [0.3, 0.4) is 0 Å². The number of fused-ring (bicyclic) bond motifs is 10. The van der Waals surface area contributed by atoms with Gasteiger partial charge in [0.2, 0.25) is 0 Å². The number of nitrogens with zero attached hydrogens (tertiary/aromatic N) is 1. The first kappa shape index (κ1) is 47.8. The quantitative estimate of drug-likeness (QED) is 0.159. The van der Waals surface area contributed by atoms with Crippen LogP contribution in [0.2, 0.25) is 0 Å². The van der Waals surface area contributed by atoms with E-state index in [4.69, 9.17) is 6.42 Å². The van der Waals surface area contributed by atoms with Gasteiger partial charge in [0, 0.05) is 42.7 Å². The molecule has 0 bridgehead atoms. The predicted molar refractivity (Wildman–Crippen MR) is 302 cm³/mol. The van der Waals surface area contributed by atoms with Crippen molar-refractivity contribution < 1.29 is 0 Å². The average Bonchev–Trinajstić information content (AvgIpc) is 4.02. The molecule has 0 saturated heterocycles. The van der Waals surface area contributed by atoms with E-state index in [0.717, 1.165) is 28.2 Å². The summed E-state index contributed by atoms with van der Waals surface area (Å²) in [5.41, 5.74) is 18.7. The van der Waals surface area contributed by atoms with Crippen LogP contribution in [0.4, 0.5) is 17.1 Å². The third-order valence-corrected chi connectivity index (χ3v) is 14.0. The first-order chi connectivity index (χ1) is 33.9. The maximum absolute atomic E-state index is 6.55. The molecule has 69 heavy (non-hydrogen) atoms. The van der Waals surface area contributed by atoms with Crippen molar-refractivity contribution in [3.63, 3.8) is 0 Å². The summed E-state index contributed by atoms with van der Waals surface area (Å²) in [4.78, 5) is 2.45. The summed E-state index contributed by atoms with van der Waals surface area (Å²) in [5.74, 6) is 3.22. The lowest BCUT2D eigenvalue weighted by atomic mass is 9.67. The molecule has 0 radical (unpaired) electrons. The summed E-state index contributed by atoms with van der Waals surface area (Å²) in [5, 5.41) is 2.57. The molecular formula is C67H61NS. The maximum atomic E-state index is 6.55. The number of thiophene rings is 1. The fraction of sp³-hybridized carbons (Fsp3) is 0.134. The minimum Gasteiger partial charge on any atom is -0.310 e. The first-order valence-electron chi connectivity index (χ1n) is 24.3. The number of anilines is 3. The Bertz CT molecular complexity index is 3390. The van der Waals surface area contributed by atoms with Gasteiger partial charge in [-0.25, -0.2) is 0 Å². The molecule has 10 aromatic rings. The van der Waals surface area contributed by atoms with E-state index in [1.807, 2.05) is 75.4 Å². The van der Waals surface area contributed by atoms with Crippen LogP contribution in [0.15, 0.2) is 218 Å². The van der Waals surface area contributed by atoms with Gasteiger partial charge in [-0.2, -0.15) is 0 Å². The number of para-hydroxylation sites is 1. The van der Waals surface area contributed by atoms with E-state index in [1.165, 1.54) is 81.4 Å². The van der Waals surface area contributed by atoms with Gasteiger partial charge >= 0.3 is 0 Å². The third kappa shape index (κ3) is 8.95. The van der Waals surface area contributed by atoms with Gasteiger partial charge in [-0.3, -0.25) is 0 Å². The molecule has 9 aromatic carbocycles. The zero-order valence-corrected chi connectivity index (χ0v) is 42.0. The zero-order valence-electron chi connectivity index (χ0n) is 41.2. The van der Waals surface area contributed by atoms with E-state index >= 15 is 0 Å². The average molecular weight is 912 g/mol. The van der Waals surface area contributed by atoms with Crippen LogP contribution in [-0.4, -0.2) is 0 Å². The molecule has 12 rings (SSSR count). The molecule has 2 aliphatic carbocycles. The van der Waals surface area contributed by atoms with Crippen molar-refractivity contribution in [2.75, 3.05) is 4.90 Å². The molecule has 0 saturated carbocycles. The molecular weight excluding hydrogens is 851 g/mol. The van der Waals surface area contributed by atoms with Crippen molar-refractivity contribution in [2.45, 2.75) is 60.8 Å². The molecule has 2 heteroatoms. The highest BCUT2D eigenvalue weighted by molar-refractivity contribution is 7.25. The van der Waals surface area contributed by atoms with Crippen LogP contribution in [-0.2, 0) is 5.41 Å². The maximum Gasteiger partial charge on any atom is 0.0738 e. The van der Waals surface area contributed by atoms with E-state index in [2.05, 4.69) is 221 Å². The molecule has 0 N–H and O–H groups in total. The lowest BCUT2D eigenvalue weighted by Gasteiger charge is -2.34. The summed E-state index contributed by atoms with van der Waals surface area (Å²) in [6.07, 6.45) is 6.55. The Morgan fingerprint density at radius 2 is 0.986 bits per heavy atom. The minimum atomic E-state index is -0.590. The Labute approximate surface area is 415 Å². The van der Waals surface area contributed by atoms with Crippen LogP contribution >= 0.6 is 11.3 Å².